The van der Waals surface area contributed by atoms with Crippen molar-refractivity contribution < 1.29 is 23.8 Å². The molecule has 4 aromatic rings. The molecule has 0 fully saturated rings. The van der Waals surface area contributed by atoms with Crippen LogP contribution in [0.15, 0.2) is 71.9 Å². The van der Waals surface area contributed by atoms with Crippen LogP contribution in [0.2, 0.25) is 0 Å². The molecule has 202 valence electrons. The van der Waals surface area contributed by atoms with Gasteiger partial charge in [0, 0.05) is 11.8 Å². The SMILES string of the molecule is COc1ccc(OC)c(-n2c(CNC(=O)c3ccccc3OC)nnc2SCC(=O)Nc2cccc(C)c2)c1. The standard InChI is InChI=1S/C28H29N5O5S/c1-18-8-7-9-19(14-18)30-26(34)17-39-28-32-31-25(16-29-27(35)21-10-5-6-11-23(21)37-3)33(28)22-15-20(36-2)12-13-24(22)38-4/h5-15H,16-17H2,1-4H3,(H,29,35)(H,30,34). The van der Waals surface area contributed by atoms with E-state index in [2.05, 4.69) is 20.8 Å². The number of thioether (sulfide) groups is 1. The normalized spacial score (nSPS) is 10.6. The molecule has 0 radical (unpaired) electrons. The van der Waals surface area contributed by atoms with Gasteiger partial charge in [-0.2, -0.15) is 0 Å². The summed E-state index contributed by atoms with van der Waals surface area (Å²) in [4.78, 5) is 25.6. The molecule has 1 aromatic heterocycles. The van der Waals surface area contributed by atoms with Crippen LogP contribution in [-0.4, -0.2) is 53.7 Å². The second kappa shape index (κ2) is 12.8. The Hall–Kier alpha value is -4.51. The first-order chi connectivity index (χ1) is 18.9. The molecule has 11 heteroatoms. The molecule has 0 atom stereocenters. The second-order valence-corrected chi connectivity index (χ2v) is 9.30. The molecule has 10 nitrogen and oxygen atoms in total. The number of hydrogen-bond donors (Lipinski definition) is 2. The molecule has 0 unspecified atom stereocenters. The van der Waals surface area contributed by atoms with Crippen LogP contribution >= 0.6 is 11.8 Å². The summed E-state index contributed by atoms with van der Waals surface area (Å²) in [5.74, 6) is 1.60. The Morgan fingerprint density at radius 3 is 2.44 bits per heavy atom. The van der Waals surface area contributed by atoms with Crippen LogP contribution in [0.1, 0.15) is 21.7 Å². The number of hydrogen-bond acceptors (Lipinski definition) is 8. The van der Waals surface area contributed by atoms with Crippen molar-refractivity contribution in [3.63, 3.8) is 0 Å². The number of methoxy groups -OCH3 is 3. The summed E-state index contributed by atoms with van der Waals surface area (Å²) in [5.41, 5.74) is 2.76. The number of aromatic nitrogens is 3. The number of rotatable bonds is 11. The predicted octanol–water partition coefficient (Wildman–Crippen LogP) is 4.26. The van der Waals surface area contributed by atoms with E-state index in [1.165, 1.54) is 18.9 Å². The highest BCUT2D eigenvalue weighted by Crippen LogP contribution is 2.32. The van der Waals surface area contributed by atoms with Crippen molar-refractivity contribution in [3.8, 4) is 22.9 Å². The van der Waals surface area contributed by atoms with Gasteiger partial charge in [0.1, 0.15) is 17.2 Å². The molecule has 3 aromatic carbocycles. The minimum absolute atomic E-state index is 0.0558. The fourth-order valence-corrected chi connectivity index (χ4v) is 4.62. The Bertz CT molecular complexity index is 1470. The molecule has 0 bridgehead atoms. The van der Waals surface area contributed by atoms with E-state index in [4.69, 9.17) is 14.2 Å². The van der Waals surface area contributed by atoms with Crippen molar-refractivity contribution in [2.75, 3.05) is 32.4 Å². The first-order valence-corrected chi connectivity index (χ1v) is 13.0. The lowest BCUT2D eigenvalue weighted by Gasteiger charge is -2.15. The highest BCUT2D eigenvalue weighted by molar-refractivity contribution is 7.99. The Kier molecular flexibility index (Phi) is 9.06. The molecule has 0 aliphatic heterocycles. The number of carbonyl (C=O) groups excluding carboxylic acids is 2. The average Bonchev–Trinajstić information content (AvgIpc) is 3.36. The maximum atomic E-state index is 12.9. The Labute approximate surface area is 230 Å². The van der Waals surface area contributed by atoms with E-state index in [0.717, 1.165) is 11.3 Å². The van der Waals surface area contributed by atoms with Crippen LogP contribution in [0.5, 0.6) is 17.2 Å². The van der Waals surface area contributed by atoms with Crippen molar-refractivity contribution >= 4 is 29.3 Å². The van der Waals surface area contributed by atoms with Gasteiger partial charge < -0.3 is 24.8 Å². The average molecular weight is 548 g/mol. The lowest BCUT2D eigenvalue weighted by atomic mass is 10.2. The van der Waals surface area contributed by atoms with Gasteiger partial charge in [-0.1, -0.05) is 36.0 Å². The van der Waals surface area contributed by atoms with Gasteiger partial charge in [0.05, 0.1) is 44.9 Å². The fraction of sp³-hybridized carbons (Fsp3) is 0.214. The number of nitrogens with one attached hydrogen (secondary N) is 2. The van der Waals surface area contributed by atoms with Crippen LogP contribution in [0.3, 0.4) is 0 Å². The summed E-state index contributed by atoms with van der Waals surface area (Å²) in [6.07, 6.45) is 0. The lowest BCUT2D eigenvalue weighted by Crippen LogP contribution is -2.25. The van der Waals surface area contributed by atoms with Crippen LogP contribution in [0.25, 0.3) is 5.69 Å². The zero-order valence-electron chi connectivity index (χ0n) is 22.1. The van der Waals surface area contributed by atoms with Gasteiger partial charge in [0.25, 0.3) is 5.91 Å². The molecule has 0 aliphatic rings. The summed E-state index contributed by atoms with van der Waals surface area (Å²) in [5, 5.41) is 14.9. The fourth-order valence-electron chi connectivity index (χ4n) is 3.86. The van der Waals surface area contributed by atoms with Gasteiger partial charge in [-0.3, -0.25) is 14.2 Å². The van der Waals surface area contributed by atoms with Crippen molar-refractivity contribution in [2.45, 2.75) is 18.6 Å². The molecular weight excluding hydrogens is 518 g/mol. The molecule has 39 heavy (non-hydrogen) atoms. The summed E-state index contributed by atoms with van der Waals surface area (Å²) in [7, 11) is 4.63. The first kappa shape index (κ1) is 27.5. The van der Waals surface area contributed by atoms with E-state index >= 15 is 0 Å². The molecule has 0 saturated carbocycles. The number of carbonyl (C=O) groups is 2. The van der Waals surface area contributed by atoms with Crippen LogP contribution in [0.4, 0.5) is 5.69 Å². The third-order valence-corrected chi connectivity index (χ3v) is 6.65. The van der Waals surface area contributed by atoms with Gasteiger partial charge in [0.15, 0.2) is 11.0 Å². The molecule has 4 rings (SSSR count). The second-order valence-electron chi connectivity index (χ2n) is 8.36. The smallest absolute Gasteiger partial charge is 0.255 e. The van der Waals surface area contributed by atoms with Crippen molar-refractivity contribution in [1.29, 1.82) is 0 Å². The quantitative estimate of drug-likeness (QED) is 0.268. The summed E-state index contributed by atoms with van der Waals surface area (Å²) in [6.45, 7) is 2.02. The van der Waals surface area contributed by atoms with Crippen molar-refractivity contribution in [3.05, 3.63) is 83.7 Å². The van der Waals surface area contributed by atoms with E-state index in [1.54, 1.807) is 61.3 Å². The van der Waals surface area contributed by atoms with E-state index < -0.39 is 0 Å². The lowest BCUT2D eigenvalue weighted by molar-refractivity contribution is -0.113. The first-order valence-electron chi connectivity index (χ1n) is 12.0. The third kappa shape index (κ3) is 6.68. The molecule has 0 saturated heterocycles. The monoisotopic (exact) mass is 547 g/mol. The largest absolute Gasteiger partial charge is 0.497 e. The van der Waals surface area contributed by atoms with E-state index in [1.807, 2.05) is 31.2 Å². The number of aryl methyl sites for hydroxylation is 1. The summed E-state index contributed by atoms with van der Waals surface area (Å²) in [6, 6.07) is 19.9. The molecular formula is C28H29N5O5S. The zero-order chi connectivity index (χ0) is 27.8. The van der Waals surface area contributed by atoms with E-state index in [9.17, 15) is 9.59 Å². The number of benzene rings is 3. The van der Waals surface area contributed by atoms with Gasteiger partial charge in [-0.15, -0.1) is 10.2 Å². The molecule has 0 spiro atoms. The van der Waals surface area contributed by atoms with Crippen LogP contribution in [0, 0.1) is 6.92 Å². The minimum Gasteiger partial charge on any atom is -0.497 e. The Balaban J connectivity index is 1.60. The number of para-hydroxylation sites is 1. The van der Waals surface area contributed by atoms with E-state index in [0.29, 0.717) is 39.5 Å². The molecule has 2 amide bonds. The maximum absolute atomic E-state index is 12.9. The predicted molar refractivity (Wildman–Crippen MR) is 149 cm³/mol. The number of anilines is 1. The van der Waals surface area contributed by atoms with Crippen molar-refractivity contribution in [1.82, 2.24) is 20.1 Å². The summed E-state index contributed by atoms with van der Waals surface area (Å²) >= 11 is 1.21. The highest BCUT2D eigenvalue weighted by Gasteiger charge is 2.21. The van der Waals surface area contributed by atoms with Crippen LogP contribution < -0.4 is 24.8 Å². The molecule has 0 aliphatic carbocycles. The van der Waals surface area contributed by atoms with Crippen molar-refractivity contribution in [2.24, 2.45) is 0 Å². The van der Waals surface area contributed by atoms with Gasteiger partial charge in [-0.05, 0) is 48.9 Å². The minimum atomic E-state index is -0.327. The summed E-state index contributed by atoms with van der Waals surface area (Å²) < 4.78 is 18.1. The maximum Gasteiger partial charge on any atom is 0.255 e. The van der Waals surface area contributed by atoms with Gasteiger partial charge in [-0.25, -0.2) is 0 Å². The van der Waals surface area contributed by atoms with E-state index in [-0.39, 0.29) is 24.1 Å². The van der Waals surface area contributed by atoms with Gasteiger partial charge >= 0.3 is 0 Å². The third-order valence-electron chi connectivity index (χ3n) is 5.72. The highest BCUT2D eigenvalue weighted by atomic mass is 32.2. The van der Waals surface area contributed by atoms with Gasteiger partial charge in [0.2, 0.25) is 5.91 Å². The number of amides is 2. The number of ether oxygens (including phenoxy) is 3. The molecule has 1 heterocycles. The number of nitrogens with zero attached hydrogens (tertiary/aromatic N) is 3. The Morgan fingerprint density at radius 2 is 1.69 bits per heavy atom. The molecule has 2 N–H and O–H groups in total. The van der Waals surface area contributed by atoms with Crippen LogP contribution in [-0.2, 0) is 11.3 Å². The Morgan fingerprint density at radius 1 is 0.897 bits per heavy atom. The zero-order valence-corrected chi connectivity index (χ0v) is 22.9. The topological polar surface area (TPSA) is 117 Å².